The predicted octanol–water partition coefficient (Wildman–Crippen LogP) is 0.701. The molecule has 0 aromatic heterocycles. The topological polar surface area (TPSA) is 66.4 Å². The molecule has 0 unspecified atom stereocenters. The second kappa shape index (κ2) is 5.03. The van der Waals surface area contributed by atoms with Gasteiger partial charge in [-0.2, -0.15) is 0 Å². The maximum atomic E-state index is 11.8. The molecule has 1 aromatic carbocycles. The first-order valence-corrected chi connectivity index (χ1v) is 6.50. The van der Waals surface area contributed by atoms with Crippen LogP contribution in [0.15, 0.2) is 24.3 Å². The lowest BCUT2D eigenvalue weighted by atomic mass is 10.2. The summed E-state index contributed by atoms with van der Waals surface area (Å²) in [5.74, 6) is 0.209. The van der Waals surface area contributed by atoms with Crippen molar-refractivity contribution in [3.63, 3.8) is 0 Å². The second-order valence-corrected chi connectivity index (χ2v) is 6.03. The van der Waals surface area contributed by atoms with Crippen LogP contribution in [0.4, 0.5) is 0 Å². The van der Waals surface area contributed by atoms with E-state index in [1.807, 2.05) is 0 Å². The molecule has 0 atom stereocenters. The summed E-state index contributed by atoms with van der Waals surface area (Å²) in [5.41, 5.74) is 0.722. The van der Waals surface area contributed by atoms with Gasteiger partial charge in [0.05, 0.1) is 11.0 Å². The highest BCUT2D eigenvalue weighted by Gasteiger charge is 2.30. The average molecular weight is 264 g/mol. The molecule has 90 valence electrons. The van der Waals surface area contributed by atoms with Crippen molar-refractivity contribution in [1.29, 1.82) is 0 Å². The molecule has 16 heavy (non-hydrogen) atoms. The van der Waals surface area contributed by atoms with Crippen molar-refractivity contribution in [3.8, 4) is 5.75 Å². The molecule has 0 bridgehead atoms. The third-order valence-corrected chi connectivity index (χ3v) is 4.64. The van der Waals surface area contributed by atoms with E-state index in [0.29, 0.717) is 13.1 Å². The van der Waals surface area contributed by atoms with Gasteiger partial charge in [0.1, 0.15) is 5.75 Å². The standard InChI is InChI=1S/C10H13NO3S.ClH/c12-9-3-1-8(2-4-9)7-15(13,14)10-5-11-6-10;/h1-4,10-12H,5-7H2;1H. The lowest BCUT2D eigenvalue weighted by Gasteiger charge is -2.26. The Labute approximate surface area is 101 Å². The number of halogens is 1. The lowest BCUT2D eigenvalue weighted by molar-refractivity contribution is 0.475. The molecule has 6 heteroatoms. The summed E-state index contributed by atoms with van der Waals surface area (Å²) < 4.78 is 23.5. The minimum absolute atomic E-state index is 0. The zero-order valence-corrected chi connectivity index (χ0v) is 10.2. The molecular formula is C10H14ClNO3S. The van der Waals surface area contributed by atoms with Crippen molar-refractivity contribution in [2.45, 2.75) is 11.0 Å². The zero-order valence-electron chi connectivity index (χ0n) is 8.59. The van der Waals surface area contributed by atoms with Crippen molar-refractivity contribution in [3.05, 3.63) is 29.8 Å². The van der Waals surface area contributed by atoms with E-state index < -0.39 is 9.84 Å². The van der Waals surface area contributed by atoms with Gasteiger partial charge in [-0.3, -0.25) is 0 Å². The number of rotatable bonds is 3. The monoisotopic (exact) mass is 263 g/mol. The molecule has 1 heterocycles. The number of aromatic hydroxyl groups is 1. The molecule has 1 aliphatic heterocycles. The summed E-state index contributed by atoms with van der Waals surface area (Å²) in [6, 6.07) is 6.28. The van der Waals surface area contributed by atoms with Gasteiger partial charge in [-0.1, -0.05) is 12.1 Å². The van der Waals surface area contributed by atoms with Crippen LogP contribution in [0.3, 0.4) is 0 Å². The Hall–Kier alpha value is -0.780. The Morgan fingerprint density at radius 2 is 1.81 bits per heavy atom. The molecular weight excluding hydrogens is 250 g/mol. The highest BCUT2D eigenvalue weighted by molar-refractivity contribution is 7.91. The molecule has 1 aliphatic rings. The number of hydrogen-bond donors (Lipinski definition) is 2. The van der Waals surface area contributed by atoms with Crippen LogP contribution in [0.1, 0.15) is 5.56 Å². The molecule has 0 spiro atoms. The van der Waals surface area contributed by atoms with Crippen LogP contribution in [0, 0.1) is 0 Å². The van der Waals surface area contributed by atoms with Gasteiger partial charge in [0.25, 0.3) is 0 Å². The van der Waals surface area contributed by atoms with Gasteiger partial charge in [-0.25, -0.2) is 8.42 Å². The first-order chi connectivity index (χ1) is 7.08. The lowest BCUT2D eigenvalue weighted by Crippen LogP contribution is -2.51. The van der Waals surface area contributed by atoms with Crippen LogP contribution in [-0.4, -0.2) is 31.9 Å². The molecule has 2 N–H and O–H groups in total. The average Bonchev–Trinajstić information content (AvgIpc) is 2.04. The van der Waals surface area contributed by atoms with Gasteiger partial charge >= 0.3 is 0 Å². The molecule has 0 aliphatic carbocycles. The van der Waals surface area contributed by atoms with Gasteiger partial charge in [0.15, 0.2) is 9.84 Å². The summed E-state index contributed by atoms with van der Waals surface area (Å²) in [7, 11) is -3.03. The van der Waals surface area contributed by atoms with E-state index in [2.05, 4.69) is 5.32 Å². The molecule has 4 nitrogen and oxygen atoms in total. The highest BCUT2D eigenvalue weighted by Crippen LogP contribution is 2.16. The number of hydrogen-bond acceptors (Lipinski definition) is 4. The Balaban J connectivity index is 0.00000128. The molecule has 1 fully saturated rings. The van der Waals surface area contributed by atoms with Crippen LogP contribution in [-0.2, 0) is 15.6 Å². The number of benzene rings is 1. The van der Waals surface area contributed by atoms with E-state index in [1.165, 1.54) is 12.1 Å². The van der Waals surface area contributed by atoms with Crippen molar-refractivity contribution in [2.24, 2.45) is 0 Å². The Morgan fingerprint density at radius 3 is 2.25 bits per heavy atom. The van der Waals surface area contributed by atoms with E-state index in [4.69, 9.17) is 5.11 Å². The fraction of sp³-hybridized carbons (Fsp3) is 0.400. The fourth-order valence-electron chi connectivity index (χ4n) is 1.46. The van der Waals surface area contributed by atoms with Gasteiger partial charge in [-0.15, -0.1) is 12.4 Å². The zero-order chi connectivity index (χ0) is 10.9. The van der Waals surface area contributed by atoms with Crippen molar-refractivity contribution < 1.29 is 13.5 Å². The number of phenolic OH excluding ortho intramolecular Hbond substituents is 1. The van der Waals surface area contributed by atoms with Crippen molar-refractivity contribution >= 4 is 22.2 Å². The second-order valence-electron chi connectivity index (χ2n) is 3.75. The summed E-state index contributed by atoms with van der Waals surface area (Å²) in [6.07, 6.45) is 0. The van der Waals surface area contributed by atoms with Crippen LogP contribution < -0.4 is 5.32 Å². The van der Waals surface area contributed by atoms with E-state index in [0.717, 1.165) is 5.56 Å². The van der Waals surface area contributed by atoms with E-state index >= 15 is 0 Å². The Bertz CT molecular complexity index is 440. The quantitative estimate of drug-likeness (QED) is 0.843. The third kappa shape index (κ3) is 2.87. The Morgan fingerprint density at radius 1 is 1.25 bits per heavy atom. The first-order valence-electron chi connectivity index (χ1n) is 4.78. The minimum Gasteiger partial charge on any atom is -0.508 e. The van der Waals surface area contributed by atoms with Crippen LogP contribution in [0.25, 0.3) is 0 Å². The molecule has 0 amide bonds. The summed E-state index contributed by atoms with van der Waals surface area (Å²) >= 11 is 0. The number of nitrogens with one attached hydrogen (secondary N) is 1. The molecule has 2 rings (SSSR count). The summed E-state index contributed by atoms with van der Waals surface area (Å²) in [4.78, 5) is 0. The minimum atomic E-state index is -3.03. The van der Waals surface area contributed by atoms with E-state index in [9.17, 15) is 8.42 Å². The normalized spacial score (nSPS) is 16.2. The van der Waals surface area contributed by atoms with Gasteiger partial charge in [0, 0.05) is 13.1 Å². The SMILES string of the molecule is Cl.O=S(=O)(Cc1ccc(O)cc1)C1CNC1. The smallest absolute Gasteiger partial charge is 0.159 e. The highest BCUT2D eigenvalue weighted by atomic mass is 35.5. The molecule has 0 radical (unpaired) electrons. The molecule has 0 saturated carbocycles. The third-order valence-electron chi connectivity index (χ3n) is 2.56. The van der Waals surface area contributed by atoms with Gasteiger partial charge in [-0.05, 0) is 17.7 Å². The number of phenols is 1. The first kappa shape index (κ1) is 13.3. The van der Waals surface area contributed by atoms with E-state index in [1.54, 1.807) is 12.1 Å². The predicted molar refractivity (Wildman–Crippen MR) is 64.6 cm³/mol. The Kier molecular flexibility index (Phi) is 4.18. The van der Waals surface area contributed by atoms with Gasteiger partial charge in [0.2, 0.25) is 0 Å². The molecule has 1 saturated heterocycles. The maximum Gasteiger partial charge on any atom is 0.159 e. The molecule has 1 aromatic rings. The maximum absolute atomic E-state index is 11.8. The summed E-state index contributed by atoms with van der Waals surface area (Å²) in [6.45, 7) is 1.11. The van der Waals surface area contributed by atoms with E-state index in [-0.39, 0.29) is 29.2 Å². The largest absolute Gasteiger partial charge is 0.508 e. The summed E-state index contributed by atoms with van der Waals surface area (Å²) in [5, 5.41) is 11.8. The van der Waals surface area contributed by atoms with Crippen LogP contribution >= 0.6 is 12.4 Å². The fourth-order valence-corrected chi connectivity index (χ4v) is 3.09. The van der Waals surface area contributed by atoms with Gasteiger partial charge < -0.3 is 10.4 Å². The van der Waals surface area contributed by atoms with Crippen LogP contribution in [0.5, 0.6) is 5.75 Å². The van der Waals surface area contributed by atoms with Crippen molar-refractivity contribution in [2.75, 3.05) is 13.1 Å². The van der Waals surface area contributed by atoms with Crippen molar-refractivity contribution in [1.82, 2.24) is 5.32 Å². The van der Waals surface area contributed by atoms with Crippen LogP contribution in [0.2, 0.25) is 0 Å². The number of sulfone groups is 1.